The molecule has 0 saturated carbocycles. The van der Waals surface area contributed by atoms with Crippen molar-refractivity contribution in [2.75, 3.05) is 26.2 Å². The number of nitrogens with zero attached hydrogens (tertiary/aromatic N) is 1. The zero-order valence-corrected chi connectivity index (χ0v) is 11.7. The molecule has 2 saturated heterocycles. The van der Waals surface area contributed by atoms with Crippen LogP contribution in [-0.4, -0.2) is 43.0 Å². The zero-order chi connectivity index (χ0) is 10.7. The zero-order valence-electron chi connectivity index (χ0n) is 10.1. The molecule has 2 fully saturated rings. The molecule has 2 rings (SSSR count). The first-order valence-corrected chi connectivity index (χ1v) is 6.01. The minimum atomic E-state index is -0.114. The molecular formula is C11H23Cl2N3O. The van der Waals surface area contributed by atoms with Crippen molar-refractivity contribution in [2.45, 2.75) is 31.7 Å². The van der Waals surface area contributed by atoms with Crippen LogP contribution < -0.4 is 11.1 Å². The molecule has 1 amide bonds. The van der Waals surface area contributed by atoms with E-state index in [1.54, 1.807) is 0 Å². The van der Waals surface area contributed by atoms with Gasteiger partial charge in [-0.25, -0.2) is 0 Å². The predicted molar refractivity (Wildman–Crippen MR) is 73.9 cm³/mol. The highest BCUT2D eigenvalue weighted by atomic mass is 35.5. The minimum absolute atomic E-state index is 0. The molecule has 2 aliphatic rings. The fourth-order valence-electron chi connectivity index (χ4n) is 2.69. The summed E-state index contributed by atoms with van der Waals surface area (Å²) in [6.45, 7) is 4.36. The second-order valence-electron chi connectivity index (χ2n) is 4.71. The predicted octanol–water partition coefficient (Wildman–Crippen LogP) is 0.779. The monoisotopic (exact) mass is 283 g/mol. The molecule has 0 aromatic heterocycles. The number of hydrogen-bond donors (Lipinski definition) is 2. The second kappa shape index (κ2) is 8.14. The first-order chi connectivity index (χ1) is 7.27. The van der Waals surface area contributed by atoms with Crippen LogP contribution in [0.1, 0.15) is 25.7 Å². The van der Waals surface area contributed by atoms with Crippen LogP contribution in [0.4, 0.5) is 0 Å². The van der Waals surface area contributed by atoms with Gasteiger partial charge >= 0.3 is 0 Å². The quantitative estimate of drug-likeness (QED) is 0.788. The summed E-state index contributed by atoms with van der Waals surface area (Å²) in [7, 11) is 0. The number of primary amides is 1. The van der Waals surface area contributed by atoms with E-state index in [0.29, 0.717) is 6.04 Å². The minimum Gasteiger partial charge on any atom is -0.369 e. The van der Waals surface area contributed by atoms with Gasteiger partial charge in [-0.1, -0.05) is 0 Å². The third-order valence-electron chi connectivity index (χ3n) is 3.72. The van der Waals surface area contributed by atoms with Crippen molar-refractivity contribution in [3.63, 3.8) is 0 Å². The van der Waals surface area contributed by atoms with Crippen molar-refractivity contribution in [2.24, 2.45) is 11.7 Å². The maximum absolute atomic E-state index is 11.0. The summed E-state index contributed by atoms with van der Waals surface area (Å²) >= 11 is 0. The molecule has 2 aliphatic heterocycles. The van der Waals surface area contributed by atoms with Crippen molar-refractivity contribution < 1.29 is 4.79 Å². The van der Waals surface area contributed by atoms with Crippen LogP contribution >= 0.6 is 24.8 Å². The third kappa shape index (κ3) is 4.62. The summed E-state index contributed by atoms with van der Waals surface area (Å²) in [5.41, 5.74) is 5.32. The molecule has 0 aromatic carbocycles. The lowest BCUT2D eigenvalue weighted by atomic mass is 9.94. The second-order valence-corrected chi connectivity index (χ2v) is 4.71. The Kier molecular flexibility index (Phi) is 8.12. The number of carbonyl (C=O) groups excluding carboxylic acids is 1. The normalized spacial score (nSPS) is 26.7. The van der Waals surface area contributed by atoms with Crippen LogP contribution in [0.3, 0.4) is 0 Å². The lowest BCUT2D eigenvalue weighted by Crippen LogP contribution is -2.50. The van der Waals surface area contributed by atoms with E-state index in [4.69, 9.17) is 5.73 Å². The number of nitrogens with one attached hydrogen (secondary N) is 1. The summed E-state index contributed by atoms with van der Waals surface area (Å²) in [5.74, 6) is 0.00854. The number of hydrogen-bond acceptors (Lipinski definition) is 3. The third-order valence-corrected chi connectivity index (χ3v) is 3.72. The van der Waals surface area contributed by atoms with E-state index in [2.05, 4.69) is 10.2 Å². The van der Waals surface area contributed by atoms with Crippen LogP contribution in [0.5, 0.6) is 0 Å². The molecule has 1 unspecified atom stereocenters. The molecule has 1 atom stereocenters. The summed E-state index contributed by atoms with van der Waals surface area (Å²) in [6.07, 6.45) is 4.48. The lowest BCUT2D eigenvalue weighted by molar-refractivity contribution is -0.123. The SMILES string of the molecule is Cl.Cl.NC(=O)C1CCN(C2CCCNC2)CC1. The summed E-state index contributed by atoms with van der Waals surface area (Å²) < 4.78 is 0. The molecule has 3 N–H and O–H groups in total. The molecule has 0 aliphatic carbocycles. The Morgan fingerprint density at radius 2 is 1.82 bits per heavy atom. The van der Waals surface area contributed by atoms with Crippen LogP contribution in [0.15, 0.2) is 0 Å². The molecule has 0 radical (unpaired) electrons. The fraction of sp³-hybridized carbons (Fsp3) is 0.909. The van der Waals surface area contributed by atoms with E-state index < -0.39 is 0 Å². The van der Waals surface area contributed by atoms with Gasteiger partial charge in [-0.3, -0.25) is 9.69 Å². The maximum atomic E-state index is 11.0. The van der Waals surface area contributed by atoms with Gasteiger partial charge in [0.1, 0.15) is 0 Å². The number of carbonyl (C=O) groups is 1. The van der Waals surface area contributed by atoms with E-state index in [1.807, 2.05) is 0 Å². The fourth-order valence-corrected chi connectivity index (χ4v) is 2.69. The Balaban J connectivity index is 0.00000128. The van der Waals surface area contributed by atoms with Gasteiger partial charge < -0.3 is 11.1 Å². The van der Waals surface area contributed by atoms with Crippen molar-refractivity contribution in [1.29, 1.82) is 0 Å². The average Bonchev–Trinajstić information content (AvgIpc) is 2.30. The molecule has 17 heavy (non-hydrogen) atoms. The van der Waals surface area contributed by atoms with Gasteiger partial charge in [0.2, 0.25) is 5.91 Å². The highest BCUT2D eigenvalue weighted by Crippen LogP contribution is 2.21. The molecule has 4 nitrogen and oxygen atoms in total. The Morgan fingerprint density at radius 3 is 2.29 bits per heavy atom. The molecule has 6 heteroatoms. The van der Waals surface area contributed by atoms with Crippen molar-refractivity contribution in [3.05, 3.63) is 0 Å². The molecule has 0 bridgehead atoms. The van der Waals surface area contributed by atoms with Crippen LogP contribution in [0, 0.1) is 5.92 Å². The topological polar surface area (TPSA) is 58.4 Å². The highest BCUT2D eigenvalue weighted by Gasteiger charge is 2.27. The first-order valence-electron chi connectivity index (χ1n) is 6.01. The molecule has 0 spiro atoms. The largest absolute Gasteiger partial charge is 0.369 e. The number of amides is 1. The van der Waals surface area contributed by atoms with Crippen molar-refractivity contribution in [3.8, 4) is 0 Å². The van der Waals surface area contributed by atoms with Gasteiger partial charge in [0.05, 0.1) is 0 Å². The molecule has 0 aromatic rings. The van der Waals surface area contributed by atoms with Crippen molar-refractivity contribution >= 4 is 30.7 Å². The Hall–Kier alpha value is -0.0300. The number of halogens is 2. The number of piperidine rings is 2. The van der Waals surface area contributed by atoms with E-state index in [9.17, 15) is 4.79 Å². The number of nitrogens with two attached hydrogens (primary N) is 1. The number of likely N-dealkylation sites (tertiary alicyclic amines) is 1. The summed E-state index contributed by atoms with van der Waals surface area (Å²) in [5, 5.41) is 3.43. The van der Waals surface area contributed by atoms with Gasteiger partial charge in [-0.15, -0.1) is 24.8 Å². The average molecular weight is 284 g/mol. The summed E-state index contributed by atoms with van der Waals surface area (Å²) in [4.78, 5) is 13.5. The lowest BCUT2D eigenvalue weighted by Gasteiger charge is -2.38. The highest BCUT2D eigenvalue weighted by molar-refractivity contribution is 5.85. The van der Waals surface area contributed by atoms with E-state index in [0.717, 1.165) is 39.0 Å². The smallest absolute Gasteiger partial charge is 0.220 e. The molecular weight excluding hydrogens is 261 g/mol. The van der Waals surface area contributed by atoms with Gasteiger partial charge in [-0.05, 0) is 45.3 Å². The van der Waals surface area contributed by atoms with Gasteiger partial charge in [0, 0.05) is 18.5 Å². The van der Waals surface area contributed by atoms with Gasteiger partial charge in [0.15, 0.2) is 0 Å². The van der Waals surface area contributed by atoms with Crippen molar-refractivity contribution in [1.82, 2.24) is 10.2 Å². The van der Waals surface area contributed by atoms with E-state index in [1.165, 1.54) is 12.8 Å². The van der Waals surface area contributed by atoms with Gasteiger partial charge in [-0.2, -0.15) is 0 Å². The molecule has 102 valence electrons. The molecule has 2 heterocycles. The Bertz CT molecular complexity index is 227. The Morgan fingerprint density at radius 1 is 1.18 bits per heavy atom. The van der Waals surface area contributed by atoms with Crippen LogP contribution in [0.25, 0.3) is 0 Å². The standard InChI is InChI=1S/C11H21N3O.2ClH/c12-11(15)9-3-6-14(7-4-9)10-2-1-5-13-8-10;;/h9-10,13H,1-8H2,(H2,12,15);2*1H. The maximum Gasteiger partial charge on any atom is 0.220 e. The van der Waals surface area contributed by atoms with Gasteiger partial charge in [0.25, 0.3) is 0 Å². The van der Waals surface area contributed by atoms with E-state index in [-0.39, 0.29) is 36.6 Å². The summed E-state index contributed by atoms with van der Waals surface area (Å²) in [6, 6.07) is 0.688. The first kappa shape index (κ1) is 17.0. The number of rotatable bonds is 2. The van der Waals surface area contributed by atoms with E-state index >= 15 is 0 Å². The van der Waals surface area contributed by atoms with Crippen LogP contribution in [-0.2, 0) is 4.79 Å². The van der Waals surface area contributed by atoms with Crippen LogP contribution in [0.2, 0.25) is 0 Å². The Labute approximate surface area is 115 Å².